The third kappa shape index (κ3) is 3.40. The fraction of sp³-hybridized carbons (Fsp3) is 0.667. The van der Waals surface area contributed by atoms with Crippen LogP contribution in [-0.2, 0) is 4.79 Å². The van der Waals surface area contributed by atoms with Gasteiger partial charge in [0.1, 0.15) is 0 Å². The number of primary amides is 1. The summed E-state index contributed by atoms with van der Waals surface area (Å²) in [6.45, 7) is 4.43. The quantitative estimate of drug-likeness (QED) is 0.845. The molecule has 4 N–H and O–H groups in total. The van der Waals surface area contributed by atoms with Gasteiger partial charge in [0, 0.05) is 17.0 Å². The Hall–Kier alpha value is -0.910. The minimum Gasteiger partial charge on any atom is -0.369 e. The highest BCUT2D eigenvalue weighted by atomic mass is 32.1. The Balaban J connectivity index is 2.31. The van der Waals surface area contributed by atoms with Crippen molar-refractivity contribution in [2.24, 2.45) is 11.5 Å². The van der Waals surface area contributed by atoms with Crippen LogP contribution in [0.2, 0.25) is 0 Å². The third-order valence-corrected chi connectivity index (χ3v) is 5.25. The van der Waals surface area contributed by atoms with Crippen molar-refractivity contribution in [3.8, 4) is 0 Å². The van der Waals surface area contributed by atoms with E-state index in [1.807, 2.05) is 6.92 Å². The highest BCUT2D eigenvalue weighted by Crippen LogP contribution is 2.36. The molecule has 112 valence electrons. The molecule has 1 amide bonds. The minimum absolute atomic E-state index is 0.0210. The van der Waals surface area contributed by atoms with Crippen LogP contribution in [-0.4, -0.2) is 29.4 Å². The standard InChI is InChI=1S/C15H25N3OS/c1-10-7-8-20-15(10)14(11(2)16)18(9-13(17)19)12-5-3-4-6-12/h7-8,11-12,14H,3-6,9,16H2,1-2H3,(H2,17,19). The number of hydrogen-bond donors (Lipinski definition) is 2. The number of thiophene rings is 1. The second kappa shape index (κ2) is 6.70. The molecule has 0 aliphatic heterocycles. The summed E-state index contributed by atoms with van der Waals surface area (Å²) in [5, 5.41) is 2.09. The number of carbonyl (C=O) groups excluding carboxylic acids is 1. The number of aryl methyl sites for hydroxylation is 1. The Kier molecular flexibility index (Phi) is 5.18. The first-order chi connectivity index (χ1) is 9.50. The van der Waals surface area contributed by atoms with Crippen molar-refractivity contribution in [2.75, 3.05) is 6.54 Å². The number of nitrogens with zero attached hydrogens (tertiary/aromatic N) is 1. The van der Waals surface area contributed by atoms with E-state index in [9.17, 15) is 4.79 Å². The van der Waals surface area contributed by atoms with Crippen LogP contribution in [0, 0.1) is 6.92 Å². The van der Waals surface area contributed by atoms with Gasteiger partial charge in [0.15, 0.2) is 0 Å². The maximum absolute atomic E-state index is 11.5. The molecular formula is C15H25N3OS. The lowest BCUT2D eigenvalue weighted by atomic mass is 10.0. The van der Waals surface area contributed by atoms with Gasteiger partial charge in [-0.1, -0.05) is 12.8 Å². The van der Waals surface area contributed by atoms with E-state index in [0.29, 0.717) is 12.6 Å². The molecule has 1 fully saturated rings. The fourth-order valence-electron chi connectivity index (χ4n) is 3.25. The SMILES string of the molecule is Cc1ccsc1C(C(C)N)N(CC(N)=O)C1CCCC1. The smallest absolute Gasteiger partial charge is 0.231 e. The average molecular weight is 295 g/mol. The van der Waals surface area contributed by atoms with Crippen molar-refractivity contribution >= 4 is 17.2 Å². The van der Waals surface area contributed by atoms with Gasteiger partial charge < -0.3 is 11.5 Å². The van der Waals surface area contributed by atoms with E-state index in [2.05, 4.69) is 23.3 Å². The predicted molar refractivity (Wildman–Crippen MR) is 83.6 cm³/mol. The average Bonchev–Trinajstić information content (AvgIpc) is 2.99. The minimum atomic E-state index is -0.267. The summed E-state index contributed by atoms with van der Waals surface area (Å²) in [5.41, 5.74) is 13.0. The van der Waals surface area contributed by atoms with Gasteiger partial charge >= 0.3 is 0 Å². The Morgan fingerprint density at radius 2 is 2.15 bits per heavy atom. The maximum Gasteiger partial charge on any atom is 0.231 e. The molecule has 0 spiro atoms. The Morgan fingerprint density at radius 1 is 1.50 bits per heavy atom. The van der Waals surface area contributed by atoms with E-state index >= 15 is 0 Å². The lowest BCUT2D eigenvalue weighted by Crippen LogP contribution is -2.47. The first-order valence-corrected chi connectivity index (χ1v) is 8.22. The molecule has 0 radical (unpaired) electrons. The van der Waals surface area contributed by atoms with Crippen molar-refractivity contribution < 1.29 is 4.79 Å². The summed E-state index contributed by atoms with van der Waals surface area (Å²) in [7, 11) is 0. The number of rotatable bonds is 6. The van der Waals surface area contributed by atoms with Gasteiger partial charge in [-0.3, -0.25) is 9.69 Å². The molecule has 0 aromatic carbocycles. The van der Waals surface area contributed by atoms with Crippen LogP contribution in [0.5, 0.6) is 0 Å². The van der Waals surface area contributed by atoms with E-state index in [4.69, 9.17) is 11.5 Å². The molecule has 2 rings (SSSR count). The van der Waals surface area contributed by atoms with Crippen LogP contribution >= 0.6 is 11.3 Å². The molecule has 5 heteroatoms. The van der Waals surface area contributed by atoms with Gasteiger partial charge in [-0.05, 0) is 43.7 Å². The first kappa shape index (κ1) is 15.5. The molecule has 2 atom stereocenters. The van der Waals surface area contributed by atoms with Crippen LogP contribution in [0.4, 0.5) is 0 Å². The summed E-state index contributed by atoms with van der Waals surface area (Å²) < 4.78 is 0. The largest absolute Gasteiger partial charge is 0.369 e. The fourth-order valence-corrected chi connectivity index (χ4v) is 4.41. The molecule has 1 aliphatic carbocycles. The Labute approximate surface area is 125 Å². The first-order valence-electron chi connectivity index (χ1n) is 7.34. The van der Waals surface area contributed by atoms with Gasteiger partial charge in [0.25, 0.3) is 0 Å². The number of amides is 1. The third-order valence-electron chi connectivity index (χ3n) is 4.16. The second-order valence-electron chi connectivity index (χ2n) is 5.85. The summed E-state index contributed by atoms with van der Waals surface area (Å²) in [6.07, 6.45) is 4.74. The Bertz CT molecular complexity index is 452. The summed E-state index contributed by atoms with van der Waals surface area (Å²) in [5.74, 6) is -0.267. The van der Waals surface area contributed by atoms with Crippen molar-refractivity contribution in [1.82, 2.24) is 4.90 Å². The maximum atomic E-state index is 11.5. The molecule has 1 heterocycles. The van der Waals surface area contributed by atoms with Crippen LogP contribution in [0.15, 0.2) is 11.4 Å². The molecule has 1 saturated carbocycles. The summed E-state index contributed by atoms with van der Waals surface area (Å²) >= 11 is 1.73. The second-order valence-corrected chi connectivity index (χ2v) is 6.80. The zero-order valence-electron chi connectivity index (χ0n) is 12.3. The molecular weight excluding hydrogens is 270 g/mol. The van der Waals surface area contributed by atoms with E-state index in [1.54, 1.807) is 11.3 Å². The molecule has 2 unspecified atom stereocenters. The summed E-state index contributed by atoms with van der Waals surface area (Å²) in [6, 6.07) is 2.62. The number of hydrogen-bond acceptors (Lipinski definition) is 4. The van der Waals surface area contributed by atoms with Gasteiger partial charge in [0.2, 0.25) is 5.91 Å². The highest BCUT2D eigenvalue weighted by Gasteiger charge is 2.34. The molecule has 1 aromatic rings. The highest BCUT2D eigenvalue weighted by molar-refractivity contribution is 7.10. The lowest BCUT2D eigenvalue weighted by Gasteiger charge is -2.37. The van der Waals surface area contributed by atoms with E-state index in [-0.39, 0.29) is 18.0 Å². The summed E-state index contributed by atoms with van der Waals surface area (Å²) in [4.78, 5) is 15.0. The zero-order chi connectivity index (χ0) is 14.7. The van der Waals surface area contributed by atoms with Gasteiger partial charge in [0.05, 0.1) is 12.6 Å². The van der Waals surface area contributed by atoms with Crippen molar-refractivity contribution in [2.45, 2.75) is 57.7 Å². The lowest BCUT2D eigenvalue weighted by molar-refractivity contribution is -0.120. The van der Waals surface area contributed by atoms with Gasteiger partial charge in [-0.2, -0.15) is 0 Å². The Morgan fingerprint density at radius 3 is 2.60 bits per heavy atom. The van der Waals surface area contributed by atoms with Crippen LogP contribution in [0.25, 0.3) is 0 Å². The number of carbonyl (C=O) groups is 1. The predicted octanol–water partition coefficient (Wildman–Crippen LogP) is 2.17. The van der Waals surface area contributed by atoms with Crippen LogP contribution in [0.3, 0.4) is 0 Å². The van der Waals surface area contributed by atoms with Gasteiger partial charge in [-0.25, -0.2) is 0 Å². The molecule has 0 bridgehead atoms. The van der Waals surface area contributed by atoms with E-state index in [0.717, 1.165) is 12.8 Å². The molecule has 1 aromatic heterocycles. The topological polar surface area (TPSA) is 72.3 Å². The normalized spacial score (nSPS) is 19.4. The zero-order valence-corrected chi connectivity index (χ0v) is 13.2. The van der Waals surface area contributed by atoms with Crippen molar-refractivity contribution in [1.29, 1.82) is 0 Å². The molecule has 0 saturated heterocycles. The molecule has 20 heavy (non-hydrogen) atoms. The van der Waals surface area contributed by atoms with Crippen LogP contribution in [0.1, 0.15) is 49.1 Å². The number of nitrogens with two attached hydrogens (primary N) is 2. The van der Waals surface area contributed by atoms with E-state index in [1.165, 1.54) is 23.3 Å². The monoisotopic (exact) mass is 295 g/mol. The van der Waals surface area contributed by atoms with E-state index < -0.39 is 0 Å². The molecule has 4 nitrogen and oxygen atoms in total. The van der Waals surface area contributed by atoms with Crippen LogP contribution < -0.4 is 11.5 Å². The van der Waals surface area contributed by atoms with Crippen molar-refractivity contribution in [3.05, 3.63) is 21.9 Å². The molecule has 1 aliphatic rings. The van der Waals surface area contributed by atoms with Gasteiger partial charge in [-0.15, -0.1) is 11.3 Å². The van der Waals surface area contributed by atoms with Crippen molar-refractivity contribution in [3.63, 3.8) is 0 Å².